The van der Waals surface area contributed by atoms with E-state index in [1.807, 2.05) is 36.4 Å². The minimum absolute atomic E-state index is 0.0504. The molecule has 0 bridgehead atoms. The number of fused-ring (bicyclic) bond motifs is 3. The molecule has 1 aromatic rings. The van der Waals surface area contributed by atoms with Crippen LogP contribution in [0.15, 0.2) is 44.9 Å². The van der Waals surface area contributed by atoms with Gasteiger partial charge in [-0.3, -0.25) is 4.79 Å². The van der Waals surface area contributed by atoms with Gasteiger partial charge in [0.2, 0.25) is 5.78 Å². The van der Waals surface area contributed by atoms with Crippen molar-refractivity contribution in [3.05, 3.63) is 56.0 Å². The molecule has 3 heteroatoms. The lowest BCUT2D eigenvalue weighted by molar-refractivity contribution is -0.111. The maximum atomic E-state index is 12.0. The molecule has 78 valence electrons. The Labute approximate surface area is 110 Å². The van der Waals surface area contributed by atoms with Crippen molar-refractivity contribution >= 4 is 49.3 Å². The Morgan fingerprint density at radius 2 is 1.75 bits per heavy atom. The van der Waals surface area contributed by atoms with Crippen molar-refractivity contribution in [3.63, 3.8) is 0 Å². The topological polar surface area (TPSA) is 17.1 Å². The Kier molecular flexibility index (Phi) is 2.26. The molecule has 1 aromatic carbocycles. The molecule has 0 saturated heterocycles. The van der Waals surface area contributed by atoms with Crippen LogP contribution in [0.1, 0.15) is 11.1 Å². The third-order valence-corrected chi connectivity index (χ3v) is 3.97. The largest absolute Gasteiger partial charge is 0.288 e. The molecule has 0 aliphatic heterocycles. The Bertz CT molecular complexity index is 606. The van der Waals surface area contributed by atoms with E-state index in [2.05, 4.69) is 31.9 Å². The Morgan fingerprint density at radius 3 is 2.56 bits per heavy atom. The summed E-state index contributed by atoms with van der Waals surface area (Å²) in [6, 6.07) is 8.03. The highest BCUT2D eigenvalue weighted by atomic mass is 79.9. The molecule has 0 unspecified atom stereocenters. The molecule has 0 atom stereocenters. The Hall–Kier alpha value is -0.930. The van der Waals surface area contributed by atoms with E-state index in [9.17, 15) is 4.79 Å². The van der Waals surface area contributed by atoms with Crippen LogP contribution >= 0.6 is 31.9 Å². The second-order valence-corrected chi connectivity index (χ2v) is 5.40. The molecule has 0 aromatic heterocycles. The highest BCUT2D eigenvalue weighted by molar-refractivity contribution is 9.12. The molecule has 0 saturated carbocycles. The zero-order chi connectivity index (χ0) is 11.3. The van der Waals surface area contributed by atoms with Crippen molar-refractivity contribution in [1.29, 1.82) is 0 Å². The number of carbonyl (C=O) groups is 1. The number of Topliss-reactive ketones (excluding diaryl/α,β-unsaturated/α-hetero) is 1. The Balaban J connectivity index is 2.33. The van der Waals surface area contributed by atoms with Crippen molar-refractivity contribution in [2.24, 2.45) is 0 Å². The summed E-state index contributed by atoms with van der Waals surface area (Å²) >= 11 is 6.80. The molecular formula is C13H6Br2O. The van der Waals surface area contributed by atoms with Crippen molar-refractivity contribution in [1.82, 2.24) is 0 Å². The van der Waals surface area contributed by atoms with Crippen LogP contribution in [0.5, 0.6) is 0 Å². The number of hydrogen-bond donors (Lipinski definition) is 0. The average molecular weight is 338 g/mol. The van der Waals surface area contributed by atoms with E-state index in [0.29, 0.717) is 4.48 Å². The van der Waals surface area contributed by atoms with Gasteiger partial charge in [-0.2, -0.15) is 0 Å². The highest BCUT2D eigenvalue weighted by Gasteiger charge is 2.30. The van der Waals surface area contributed by atoms with Gasteiger partial charge in [0.1, 0.15) is 0 Å². The number of halogens is 2. The lowest BCUT2D eigenvalue weighted by atomic mass is 9.96. The van der Waals surface area contributed by atoms with E-state index in [0.717, 1.165) is 26.8 Å². The van der Waals surface area contributed by atoms with E-state index in [1.165, 1.54) is 0 Å². The zero-order valence-electron chi connectivity index (χ0n) is 8.13. The van der Waals surface area contributed by atoms with Gasteiger partial charge in [-0.25, -0.2) is 0 Å². The first-order valence-corrected chi connectivity index (χ1v) is 6.40. The third-order valence-electron chi connectivity index (χ3n) is 2.75. The summed E-state index contributed by atoms with van der Waals surface area (Å²) in [4.78, 5) is 12.0. The van der Waals surface area contributed by atoms with E-state index in [1.54, 1.807) is 0 Å². The van der Waals surface area contributed by atoms with Gasteiger partial charge in [0, 0.05) is 15.6 Å². The second-order valence-electron chi connectivity index (χ2n) is 3.69. The summed E-state index contributed by atoms with van der Waals surface area (Å²) in [7, 11) is 0. The van der Waals surface area contributed by atoms with Gasteiger partial charge in [0.05, 0.1) is 4.48 Å². The van der Waals surface area contributed by atoms with Crippen molar-refractivity contribution in [2.75, 3.05) is 0 Å². The van der Waals surface area contributed by atoms with Crippen LogP contribution in [0.25, 0.3) is 11.6 Å². The number of ketones is 1. The Morgan fingerprint density at radius 1 is 1.00 bits per heavy atom. The summed E-state index contributed by atoms with van der Waals surface area (Å²) in [6.07, 6.45) is 3.76. The normalized spacial score (nSPS) is 18.0. The maximum absolute atomic E-state index is 12.0. The van der Waals surface area contributed by atoms with Gasteiger partial charge in [-0.1, -0.05) is 40.2 Å². The van der Waals surface area contributed by atoms with Crippen LogP contribution in [-0.2, 0) is 4.79 Å². The van der Waals surface area contributed by atoms with Gasteiger partial charge in [0.15, 0.2) is 0 Å². The predicted octanol–water partition coefficient (Wildman–Crippen LogP) is 4.05. The maximum Gasteiger partial charge on any atom is 0.200 e. The van der Waals surface area contributed by atoms with Crippen LogP contribution in [-0.4, -0.2) is 5.78 Å². The van der Waals surface area contributed by atoms with Crippen molar-refractivity contribution in [3.8, 4) is 0 Å². The minimum Gasteiger partial charge on any atom is -0.288 e. The van der Waals surface area contributed by atoms with Gasteiger partial charge in [-0.05, 0) is 39.2 Å². The van der Waals surface area contributed by atoms with Crippen LogP contribution in [0.3, 0.4) is 0 Å². The predicted molar refractivity (Wildman–Crippen MR) is 72.3 cm³/mol. The quantitative estimate of drug-likeness (QED) is 0.698. The molecular weight excluding hydrogens is 332 g/mol. The zero-order valence-corrected chi connectivity index (χ0v) is 11.3. The van der Waals surface area contributed by atoms with Crippen molar-refractivity contribution in [2.45, 2.75) is 0 Å². The smallest absolute Gasteiger partial charge is 0.200 e. The molecule has 0 spiro atoms. The molecule has 1 nitrogen and oxygen atoms in total. The number of hydrogen-bond acceptors (Lipinski definition) is 1. The monoisotopic (exact) mass is 336 g/mol. The lowest BCUT2D eigenvalue weighted by Crippen LogP contribution is -2.06. The fourth-order valence-electron chi connectivity index (χ4n) is 2.04. The molecule has 16 heavy (non-hydrogen) atoms. The summed E-state index contributed by atoms with van der Waals surface area (Å²) in [5.41, 5.74) is 3.99. The van der Waals surface area contributed by atoms with Crippen LogP contribution in [0.4, 0.5) is 0 Å². The fraction of sp³-hybridized carbons (Fsp3) is 0. The first kappa shape index (κ1) is 10.2. The van der Waals surface area contributed by atoms with Crippen molar-refractivity contribution < 1.29 is 4.79 Å². The van der Waals surface area contributed by atoms with Gasteiger partial charge < -0.3 is 0 Å². The number of allylic oxidation sites excluding steroid dienone is 5. The first-order valence-electron chi connectivity index (χ1n) is 4.81. The highest BCUT2D eigenvalue weighted by Crippen LogP contribution is 2.44. The minimum atomic E-state index is 0.0504. The third kappa shape index (κ3) is 1.31. The average Bonchev–Trinajstić information content (AvgIpc) is 2.65. The molecule has 3 rings (SSSR count). The second kappa shape index (κ2) is 3.54. The van der Waals surface area contributed by atoms with Crippen LogP contribution in [0.2, 0.25) is 0 Å². The van der Waals surface area contributed by atoms with E-state index in [-0.39, 0.29) is 5.78 Å². The number of carbonyl (C=O) groups excluding carboxylic acids is 1. The molecule has 0 N–H and O–H groups in total. The summed E-state index contributed by atoms with van der Waals surface area (Å²) in [6.45, 7) is 0. The van der Waals surface area contributed by atoms with E-state index >= 15 is 0 Å². The first-order chi connectivity index (χ1) is 7.68. The molecule has 0 amide bonds. The fourth-order valence-corrected chi connectivity index (χ4v) is 3.44. The standard InChI is InChI=1S/C13H6Br2O/c14-10-6-11(15)13(16)9-5-7-3-1-2-4-8(7)12(9)10/h1-6H. The van der Waals surface area contributed by atoms with E-state index in [4.69, 9.17) is 0 Å². The molecule has 2 aliphatic rings. The van der Waals surface area contributed by atoms with Crippen LogP contribution in [0, 0.1) is 0 Å². The van der Waals surface area contributed by atoms with Gasteiger partial charge >= 0.3 is 0 Å². The molecule has 2 aliphatic carbocycles. The molecule has 0 heterocycles. The number of rotatable bonds is 0. The SMILES string of the molecule is O=C1C(Br)=CC(Br)=C2C1=Cc1ccccc12. The molecule has 0 radical (unpaired) electrons. The van der Waals surface area contributed by atoms with Gasteiger partial charge in [0.25, 0.3) is 0 Å². The van der Waals surface area contributed by atoms with E-state index < -0.39 is 0 Å². The summed E-state index contributed by atoms with van der Waals surface area (Å²) < 4.78 is 1.55. The molecule has 0 fully saturated rings. The number of benzene rings is 1. The van der Waals surface area contributed by atoms with Crippen LogP contribution < -0.4 is 0 Å². The van der Waals surface area contributed by atoms with Gasteiger partial charge in [-0.15, -0.1) is 0 Å². The lowest BCUT2D eigenvalue weighted by Gasteiger charge is -2.13. The summed E-state index contributed by atoms with van der Waals surface area (Å²) in [5, 5.41) is 0. The summed E-state index contributed by atoms with van der Waals surface area (Å²) in [5.74, 6) is 0.0504.